The Balaban J connectivity index is 2.23. The number of rotatable bonds is 3. The Bertz CT molecular complexity index is 535. The number of anilines is 1. The van der Waals surface area contributed by atoms with Gasteiger partial charge in [-0.15, -0.1) is 0 Å². The van der Waals surface area contributed by atoms with E-state index in [0.29, 0.717) is 17.8 Å². The number of amides is 1. The molecule has 2 atom stereocenters. The van der Waals surface area contributed by atoms with Crippen LogP contribution < -0.4 is 4.90 Å². The molecule has 2 rings (SSSR count). The lowest BCUT2D eigenvalue weighted by Crippen LogP contribution is -2.30. The van der Waals surface area contributed by atoms with Gasteiger partial charge in [-0.2, -0.15) is 0 Å². The second kappa shape index (κ2) is 4.90. The Labute approximate surface area is 117 Å². The molecule has 1 aromatic rings. The Morgan fingerprint density at radius 1 is 1.35 bits per heavy atom. The van der Waals surface area contributed by atoms with Gasteiger partial charge in [0.2, 0.25) is 0 Å². The van der Waals surface area contributed by atoms with E-state index in [1.54, 1.807) is 36.1 Å². The summed E-state index contributed by atoms with van der Waals surface area (Å²) in [5.74, 6) is -1.78. The summed E-state index contributed by atoms with van der Waals surface area (Å²) < 4.78 is 0. The minimum atomic E-state index is -1.000. The van der Waals surface area contributed by atoms with Gasteiger partial charge >= 0.3 is 5.97 Å². The van der Waals surface area contributed by atoms with Crippen molar-refractivity contribution in [3.05, 3.63) is 29.8 Å². The van der Waals surface area contributed by atoms with E-state index < -0.39 is 23.4 Å². The van der Waals surface area contributed by atoms with Crippen molar-refractivity contribution in [1.82, 2.24) is 0 Å². The van der Waals surface area contributed by atoms with Crippen molar-refractivity contribution in [2.45, 2.75) is 32.8 Å². The molecule has 1 aliphatic heterocycles. The van der Waals surface area contributed by atoms with E-state index in [0.717, 1.165) is 0 Å². The van der Waals surface area contributed by atoms with Crippen LogP contribution in [0, 0.1) is 5.41 Å². The molecule has 1 saturated heterocycles. The third-order valence-electron chi connectivity index (χ3n) is 3.88. The van der Waals surface area contributed by atoms with Gasteiger partial charge in [0, 0.05) is 17.6 Å². The molecule has 2 unspecified atom stereocenters. The molecular formula is C15H19NO4. The number of nitrogens with zero attached hydrogens (tertiary/aromatic N) is 1. The summed E-state index contributed by atoms with van der Waals surface area (Å²) in [6.45, 7) is 5.75. The first-order valence-electron chi connectivity index (χ1n) is 6.56. The molecule has 0 saturated carbocycles. The highest BCUT2D eigenvalue weighted by Crippen LogP contribution is 2.34. The molecule has 108 valence electrons. The molecule has 5 heteroatoms. The number of carbonyl (C=O) groups is 2. The van der Waals surface area contributed by atoms with E-state index in [2.05, 4.69) is 0 Å². The number of hydrogen-bond donors (Lipinski definition) is 2. The number of carboxylic acid groups (broad SMARTS) is 1. The molecule has 20 heavy (non-hydrogen) atoms. The predicted octanol–water partition coefficient (Wildman–Crippen LogP) is 1.61. The van der Waals surface area contributed by atoms with Crippen molar-refractivity contribution < 1.29 is 19.8 Å². The van der Waals surface area contributed by atoms with Crippen LogP contribution in [0.5, 0.6) is 0 Å². The quantitative estimate of drug-likeness (QED) is 0.880. The van der Waals surface area contributed by atoms with Gasteiger partial charge in [0.05, 0.1) is 5.92 Å². The van der Waals surface area contributed by atoms with Crippen LogP contribution in [0.15, 0.2) is 24.3 Å². The Morgan fingerprint density at radius 3 is 2.30 bits per heavy atom. The first-order chi connectivity index (χ1) is 9.24. The largest absolute Gasteiger partial charge is 0.481 e. The molecule has 5 nitrogen and oxygen atoms in total. The van der Waals surface area contributed by atoms with E-state index >= 15 is 0 Å². The van der Waals surface area contributed by atoms with Crippen LogP contribution in [0.4, 0.5) is 5.69 Å². The normalized spacial score (nSPS) is 22.9. The van der Waals surface area contributed by atoms with Crippen LogP contribution in [0.3, 0.4) is 0 Å². The van der Waals surface area contributed by atoms with Gasteiger partial charge in [-0.05, 0) is 24.6 Å². The van der Waals surface area contributed by atoms with Gasteiger partial charge in [0.15, 0.2) is 0 Å². The first-order valence-corrected chi connectivity index (χ1v) is 6.56. The van der Waals surface area contributed by atoms with Crippen molar-refractivity contribution in [2.24, 2.45) is 5.41 Å². The van der Waals surface area contributed by atoms with Crippen molar-refractivity contribution in [2.75, 3.05) is 11.4 Å². The highest BCUT2D eigenvalue weighted by molar-refractivity contribution is 5.99. The third-order valence-corrected chi connectivity index (χ3v) is 3.88. The average molecular weight is 277 g/mol. The molecule has 1 amide bonds. The van der Waals surface area contributed by atoms with Crippen molar-refractivity contribution in [1.29, 1.82) is 0 Å². The molecule has 0 aromatic heterocycles. The van der Waals surface area contributed by atoms with Gasteiger partial charge in [-0.1, -0.05) is 26.0 Å². The van der Waals surface area contributed by atoms with Crippen LogP contribution >= 0.6 is 0 Å². The molecule has 2 N–H and O–H groups in total. The van der Waals surface area contributed by atoms with Gasteiger partial charge < -0.3 is 15.1 Å². The molecule has 0 bridgehead atoms. The standard InChI is InChI=1S/C15H19NO4/c1-9(14(19)20)10-4-6-11(7-5-10)16-8-15(2,3)12(17)13(16)18/h4-7,9,12,17H,8H2,1-3H3,(H,19,20). The lowest BCUT2D eigenvalue weighted by atomic mass is 9.90. The third kappa shape index (κ3) is 2.41. The predicted molar refractivity (Wildman–Crippen MR) is 74.6 cm³/mol. The van der Waals surface area contributed by atoms with Crippen LogP contribution in [0.25, 0.3) is 0 Å². The zero-order chi connectivity index (χ0) is 15.1. The summed E-state index contributed by atoms with van der Waals surface area (Å²) in [6, 6.07) is 6.86. The first kappa shape index (κ1) is 14.5. The number of benzene rings is 1. The van der Waals surface area contributed by atoms with E-state index in [1.165, 1.54) is 0 Å². The highest BCUT2D eigenvalue weighted by atomic mass is 16.4. The van der Waals surface area contributed by atoms with Crippen LogP contribution in [0.2, 0.25) is 0 Å². The maximum absolute atomic E-state index is 12.0. The van der Waals surface area contributed by atoms with Gasteiger partial charge in [0.1, 0.15) is 6.10 Å². The minimum absolute atomic E-state index is 0.311. The molecule has 1 fully saturated rings. The van der Waals surface area contributed by atoms with Crippen molar-refractivity contribution in [3.63, 3.8) is 0 Å². The number of carbonyl (C=O) groups excluding carboxylic acids is 1. The highest BCUT2D eigenvalue weighted by Gasteiger charge is 2.45. The lowest BCUT2D eigenvalue weighted by molar-refractivity contribution is -0.138. The fourth-order valence-corrected chi connectivity index (χ4v) is 2.36. The van der Waals surface area contributed by atoms with Crippen LogP contribution in [-0.2, 0) is 9.59 Å². The number of carboxylic acids is 1. The monoisotopic (exact) mass is 277 g/mol. The molecule has 1 aliphatic rings. The molecule has 0 radical (unpaired) electrons. The van der Waals surface area contributed by atoms with Crippen molar-refractivity contribution in [3.8, 4) is 0 Å². The average Bonchev–Trinajstić information content (AvgIpc) is 2.61. The molecular weight excluding hydrogens is 258 g/mol. The molecule has 0 aliphatic carbocycles. The molecule has 0 spiro atoms. The number of aliphatic hydroxyl groups excluding tert-OH is 1. The lowest BCUT2D eigenvalue weighted by Gasteiger charge is -2.20. The molecule has 1 heterocycles. The Hall–Kier alpha value is -1.88. The van der Waals surface area contributed by atoms with E-state index in [9.17, 15) is 14.7 Å². The van der Waals surface area contributed by atoms with E-state index in [-0.39, 0.29) is 5.91 Å². The minimum Gasteiger partial charge on any atom is -0.481 e. The smallest absolute Gasteiger partial charge is 0.310 e. The van der Waals surface area contributed by atoms with Crippen molar-refractivity contribution >= 4 is 17.6 Å². The van der Waals surface area contributed by atoms with Gasteiger partial charge in [-0.3, -0.25) is 9.59 Å². The summed E-state index contributed by atoms with van der Waals surface area (Å²) in [5.41, 5.74) is 0.887. The summed E-state index contributed by atoms with van der Waals surface area (Å²) in [4.78, 5) is 24.5. The van der Waals surface area contributed by atoms with Gasteiger partial charge in [0.25, 0.3) is 5.91 Å². The second-order valence-electron chi connectivity index (χ2n) is 5.97. The van der Waals surface area contributed by atoms with E-state index in [1.807, 2.05) is 13.8 Å². The van der Waals surface area contributed by atoms with E-state index in [4.69, 9.17) is 5.11 Å². The summed E-state index contributed by atoms with van der Waals surface area (Å²) in [6.07, 6.45) is -1.000. The maximum Gasteiger partial charge on any atom is 0.310 e. The summed E-state index contributed by atoms with van der Waals surface area (Å²) >= 11 is 0. The fraction of sp³-hybridized carbons (Fsp3) is 0.467. The van der Waals surface area contributed by atoms with Crippen LogP contribution in [0.1, 0.15) is 32.3 Å². The zero-order valence-electron chi connectivity index (χ0n) is 11.8. The SMILES string of the molecule is CC(C(=O)O)c1ccc(N2CC(C)(C)C(O)C2=O)cc1. The zero-order valence-corrected chi connectivity index (χ0v) is 11.8. The number of aliphatic hydroxyl groups is 1. The topological polar surface area (TPSA) is 77.8 Å². The maximum atomic E-state index is 12.0. The summed E-state index contributed by atoms with van der Waals surface area (Å²) in [7, 11) is 0. The number of hydrogen-bond acceptors (Lipinski definition) is 3. The second-order valence-corrected chi connectivity index (χ2v) is 5.97. The molecule has 1 aromatic carbocycles. The number of aliphatic carboxylic acids is 1. The Morgan fingerprint density at radius 2 is 1.90 bits per heavy atom. The summed E-state index contributed by atoms with van der Waals surface area (Å²) in [5, 5.41) is 18.9. The van der Waals surface area contributed by atoms with Crippen LogP contribution in [-0.4, -0.2) is 34.7 Å². The fourth-order valence-electron chi connectivity index (χ4n) is 2.36. The Kier molecular flexibility index (Phi) is 3.56. The van der Waals surface area contributed by atoms with Gasteiger partial charge in [-0.25, -0.2) is 0 Å².